The lowest BCUT2D eigenvalue weighted by Gasteiger charge is -2.23. The molecular formula is C23H21ClN4O3S. The Morgan fingerprint density at radius 3 is 2.69 bits per heavy atom. The van der Waals surface area contributed by atoms with Gasteiger partial charge in [-0.05, 0) is 41.8 Å². The van der Waals surface area contributed by atoms with Crippen LogP contribution in [0.3, 0.4) is 0 Å². The predicted molar refractivity (Wildman–Crippen MR) is 126 cm³/mol. The predicted octanol–water partition coefficient (Wildman–Crippen LogP) is 4.34. The summed E-state index contributed by atoms with van der Waals surface area (Å²) in [6, 6.07) is 14.8. The van der Waals surface area contributed by atoms with E-state index in [2.05, 4.69) is 20.6 Å². The van der Waals surface area contributed by atoms with Crippen molar-refractivity contribution in [1.29, 1.82) is 0 Å². The molecule has 0 radical (unpaired) electrons. The summed E-state index contributed by atoms with van der Waals surface area (Å²) in [5, 5.41) is 6.41. The Kier molecular flexibility index (Phi) is 6.62. The van der Waals surface area contributed by atoms with Gasteiger partial charge < -0.3 is 15.6 Å². The van der Waals surface area contributed by atoms with E-state index in [9.17, 15) is 14.4 Å². The van der Waals surface area contributed by atoms with Gasteiger partial charge in [-0.15, -0.1) is 0 Å². The van der Waals surface area contributed by atoms with Gasteiger partial charge >= 0.3 is 0 Å². The first-order valence-electron chi connectivity index (χ1n) is 10.1. The van der Waals surface area contributed by atoms with E-state index >= 15 is 0 Å². The number of carbonyl (C=O) groups is 2. The highest BCUT2D eigenvalue weighted by molar-refractivity contribution is 7.98. The quantitative estimate of drug-likeness (QED) is 0.368. The van der Waals surface area contributed by atoms with Gasteiger partial charge in [-0.2, -0.15) is 0 Å². The highest BCUT2D eigenvalue weighted by Gasteiger charge is 2.34. The smallest absolute Gasteiger partial charge is 0.257 e. The second kappa shape index (κ2) is 9.58. The number of fused-ring (bicyclic) bond motifs is 1. The van der Waals surface area contributed by atoms with Gasteiger partial charge in [0.1, 0.15) is 5.82 Å². The number of nitrogens with one attached hydrogen (secondary N) is 3. The highest BCUT2D eigenvalue weighted by Crippen LogP contribution is 2.31. The lowest BCUT2D eigenvalue weighted by atomic mass is 9.92. The van der Waals surface area contributed by atoms with Crippen LogP contribution in [0.25, 0.3) is 0 Å². The van der Waals surface area contributed by atoms with Gasteiger partial charge in [0, 0.05) is 22.9 Å². The molecule has 0 fully saturated rings. The number of rotatable bonds is 6. The van der Waals surface area contributed by atoms with E-state index < -0.39 is 17.4 Å². The Labute approximate surface area is 194 Å². The Balaban J connectivity index is 1.55. The SMILES string of the molecule is CCc1ccc(NC(=O)[C@H]2CC(=O)Nc3nc(SCc4cccc(Cl)c4)[nH]c(=O)c32)cc1. The highest BCUT2D eigenvalue weighted by atomic mass is 35.5. The van der Waals surface area contributed by atoms with Crippen molar-refractivity contribution in [2.45, 2.75) is 36.6 Å². The van der Waals surface area contributed by atoms with E-state index in [0.717, 1.165) is 17.5 Å². The molecule has 0 spiro atoms. The van der Waals surface area contributed by atoms with Crippen LogP contribution in [-0.2, 0) is 21.8 Å². The number of nitrogens with zero attached hydrogens (tertiary/aromatic N) is 1. The summed E-state index contributed by atoms with van der Waals surface area (Å²) < 4.78 is 0. The lowest BCUT2D eigenvalue weighted by molar-refractivity contribution is -0.123. The topological polar surface area (TPSA) is 104 Å². The summed E-state index contributed by atoms with van der Waals surface area (Å²) in [4.78, 5) is 45.1. The van der Waals surface area contributed by atoms with E-state index in [-0.39, 0.29) is 23.7 Å². The fraction of sp³-hybridized carbons (Fsp3) is 0.217. The third-order valence-corrected chi connectivity index (χ3v) is 6.32. The number of amides is 2. The van der Waals surface area contributed by atoms with Crippen LogP contribution in [-0.4, -0.2) is 21.8 Å². The van der Waals surface area contributed by atoms with Crippen molar-refractivity contribution in [2.24, 2.45) is 0 Å². The largest absolute Gasteiger partial charge is 0.326 e. The van der Waals surface area contributed by atoms with Gasteiger partial charge in [0.05, 0.1) is 11.5 Å². The number of halogens is 1. The number of anilines is 2. The molecule has 32 heavy (non-hydrogen) atoms. The summed E-state index contributed by atoms with van der Waals surface area (Å²) in [5.41, 5.74) is 2.45. The third-order valence-electron chi connectivity index (χ3n) is 5.14. The summed E-state index contributed by atoms with van der Waals surface area (Å²) in [6.07, 6.45) is 0.773. The Morgan fingerprint density at radius 2 is 1.97 bits per heavy atom. The number of carbonyl (C=O) groups excluding carboxylic acids is 2. The molecular weight excluding hydrogens is 448 g/mol. The number of hydrogen-bond acceptors (Lipinski definition) is 5. The summed E-state index contributed by atoms with van der Waals surface area (Å²) >= 11 is 7.32. The summed E-state index contributed by atoms with van der Waals surface area (Å²) in [5.74, 6) is -1.04. The van der Waals surface area contributed by atoms with E-state index in [1.807, 2.05) is 37.3 Å². The Bertz CT molecular complexity index is 1230. The maximum Gasteiger partial charge on any atom is 0.257 e. The molecule has 3 N–H and O–H groups in total. The van der Waals surface area contributed by atoms with Crippen LogP contribution in [0.5, 0.6) is 0 Å². The van der Waals surface area contributed by atoms with Crippen LogP contribution >= 0.6 is 23.4 Å². The molecule has 7 nitrogen and oxygen atoms in total. The normalized spacial score (nSPS) is 15.1. The Morgan fingerprint density at radius 1 is 1.19 bits per heavy atom. The maximum absolute atomic E-state index is 12.9. The molecule has 0 unspecified atom stereocenters. The molecule has 1 aliphatic rings. The third kappa shape index (κ3) is 5.03. The van der Waals surface area contributed by atoms with Gasteiger partial charge in [-0.1, -0.05) is 54.6 Å². The second-order valence-corrected chi connectivity index (χ2v) is 8.80. The van der Waals surface area contributed by atoms with Gasteiger partial charge in [-0.25, -0.2) is 4.98 Å². The van der Waals surface area contributed by atoms with Crippen molar-refractivity contribution in [3.05, 3.63) is 80.6 Å². The van der Waals surface area contributed by atoms with Crippen LogP contribution in [0.15, 0.2) is 58.5 Å². The fourth-order valence-electron chi connectivity index (χ4n) is 3.47. The first-order valence-corrected chi connectivity index (χ1v) is 11.5. The molecule has 2 amide bonds. The maximum atomic E-state index is 12.9. The van der Waals surface area contributed by atoms with Crippen molar-refractivity contribution in [3.8, 4) is 0 Å². The number of thioether (sulfide) groups is 1. The summed E-state index contributed by atoms with van der Waals surface area (Å²) in [7, 11) is 0. The molecule has 9 heteroatoms. The van der Waals surface area contributed by atoms with Crippen molar-refractivity contribution in [3.63, 3.8) is 0 Å². The average molecular weight is 469 g/mol. The molecule has 2 heterocycles. The monoisotopic (exact) mass is 468 g/mol. The van der Waals surface area contributed by atoms with Crippen molar-refractivity contribution < 1.29 is 9.59 Å². The molecule has 1 aliphatic heterocycles. The zero-order valence-corrected chi connectivity index (χ0v) is 18.8. The lowest BCUT2D eigenvalue weighted by Crippen LogP contribution is -2.36. The van der Waals surface area contributed by atoms with Crippen LogP contribution in [0.2, 0.25) is 5.02 Å². The first kappa shape index (κ1) is 22.1. The summed E-state index contributed by atoms with van der Waals surface area (Å²) in [6.45, 7) is 2.05. The number of benzene rings is 2. The van der Waals surface area contributed by atoms with Crippen LogP contribution < -0.4 is 16.2 Å². The minimum atomic E-state index is -0.923. The first-order chi connectivity index (χ1) is 15.4. The standard InChI is InChI=1S/C23H21ClN4O3S/c1-2-13-6-8-16(9-7-13)25-21(30)17-11-18(29)26-20-19(17)22(31)28-23(27-20)32-12-14-4-3-5-15(24)10-14/h3-10,17H,2,11-12H2,1H3,(H,25,30)(H2,26,27,28,29,31)/t17-/m0/s1. The number of hydrogen-bond donors (Lipinski definition) is 3. The van der Waals surface area contributed by atoms with Crippen LogP contribution in [0, 0.1) is 0 Å². The fourth-order valence-corrected chi connectivity index (χ4v) is 4.49. The van der Waals surface area contributed by atoms with Crippen molar-refractivity contribution in [1.82, 2.24) is 9.97 Å². The van der Waals surface area contributed by atoms with Gasteiger partial charge in [-0.3, -0.25) is 14.4 Å². The molecule has 164 valence electrons. The minimum Gasteiger partial charge on any atom is -0.326 e. The number of aryl methyl sites for hydroxylation is 1. The molecule has 0 bridgehead atoms. The van der Waals surface area contributed by atoms with E-state index in [1.54, 1.807) is 18.2 Å². The molecule has 2 aromatic carbocycles. The molecule has 1 atom stereocenters. The van der Waals surface area contributed by atoms with Crippen molar-refractivity contribution in [2.75, 3.05) is 10.6 Å². The number of aromatic amines is 1. The van der Waals surface area contributed by atoms with Crippen LogP contribution in [0.4, 0.5) is 11.5 Å². The average Bonchev–Trinajstić information content (AvgIpc) is 2.77. The van der Waals surface area contributed by atoms with E-state index in [4.69, 9.17) is 11.6 Å². The zero-order valence-electron chi connectivity index (χ0n) is 17.3. The molecule has 1 aromatic heterocycles. The van der Waals surface area contributed by atoms with E-state index in [1.165, 1.54) is 11.8 Å². The second-order valence-electron chi connectivity index (χ2n) is 7.40. The molecule has 4 rings (SSSR count). The van der Waals surface area contributed by atoms with Gasteiger partial charge in [0.2, 0.25) is 11.8 Å². The van der Waals surface area contributed by atoms with Gasteiger partial charge in [0.25, 0.3) is 5.56 Å². The molecule has 0 saturated carbocycles. The zero-order chi connectivity index (χ0) is 22.7. The van der Waals surface area contributed by atoms with E-state index in [0.29, 0.717) is 21.6 Å². The van der Waals surface area contributed by atoms with Crippen LogP contribution in [0.1, 0.15) is 36.0 Å². The number of aromatic nitrogens is 2. The Hall–Kier alpha value is -3.10. The number of H-pyrrole nitrogens is 1. The molecule has 0 saturated heterocycles. The van der Waals surface area contributed by atoms with Crippen molar-refractivity contribution >= 4 is 46.7 Å². The minimum absolute atomic E-state index is 0.119. The molecule has 3 aromatic rings. The van der Waals surface area contributed by atoms with Gasteiger partial charge in [0.15, 0.2) is 5.16 Å². The molecule has 0 aliphatic carbocycles.